The van der Waals surface area contributed by atoms with E-state index >= 15 is 0 Å². The molecule has 0 aromatic heterocycles. The van der Waals surface area contributed by atoms with Crippen molar-refractivity contribution in [1.29, 1.82) is 0 Å². The monoisotopic (exact) mass is 498 g/mol. The minimum absolute atomic E-state index is 0.00886. The number of carbonyl (C=O) groups is 1. The first-order chi connectivity index (χ1) is 16.4. The molecule has 0 radical (unpaired) electrons. The summed E-state index contributed by atoms with van der Waals surface area (Å²) < 4.78 is 11.1. The first-order valence-corrected chi connectivity index (χ1v) is 13.3. The van der Waals surface area contributed by atoms with Gasteiger partial charge in [0, 0.05) is 0 Å². The van der Waals surface area contributed by atoms with Crippen LogP contribution in [0, 0.1) is 34.0 Å². The molecule has 0 aromatic carbocycles. The Kier molecular flexibility index (Phi) is 6.35. The highest BCUT2D eigenvalue weighted by molar-refractivity contribution is 5.77. The molecule has 9 heteroatoms. The second kappa shape index (κ2) is 8.61. The van der Waals surface area contributed by atoms with Crippen LogP contribution >= 0.6 is 0 Å². The van der Waals surface area contributed by atoms with Gasteiger partial charge in [-0.1, -0.05) is 13.3 Å². The van der Waals surface area contributed by atoms with Gasteiger partial charge in [-0.05, 0) is 86.9 Å². The van der Waals surface area contributed by atoms with Gasteiger partial charge in [0.25, 0.3) is 0 Å². The Hall–Kier alpha value is -0.810. The number of rotatable bonds is 4. The van der Waals surface area contributed by atoms with Crippen LogP contribution in [0.2, 0.25) is 0 Å². The number of hydrogen-bond donors (Lipinski definition) is 6. The standard InChI is InChI=1S/C26H42O9/c1-23-7-3-8-24(2,22(32)35-21-20(31)19(30)18(29)15(11-27)34-21)16(23)6-9-25-10-14(4-5-17(23)25)26(33,12-25)13-28/h14-21,27-31,33H,3-13H2,1-2H3. The number of aliphatic hydroxyl groups excluding tert-OH is 5. The summed E-state index contributed by atoms with van der Waals surface area (Å²) in [4.78, 5) is 13.7. The van der Waals surface area contributed by atoms with E-state index in [0.717, 1.165) is 44.9 Å². The zero-order valence-corrected chi connectivity index (χ0v) is 20.8. The maximum atomic E-state index is 13.7. The number of hydrogen-bond acceptors (Lipinski definition) is 9. The molecule has 1 heterocycles. The Labute approximate surface area is 206 Å². The summed E-state index contributed by atoms with van der Waals surface area (Å²) in [6, 6.07) is 0. The summed E-state index contributed by atoms with van der Waals surface area (Å²) >= 11 is 0. The van der Waals surface area contributed by atoms with Gasteiger partial charge in [-0.15, -0.1) is 0 Å². The van der Waals surface area contributed by atoms with Crippen LogP contribution in [0.5, 0.6) is 0 Å². The van der Waals surface area contributed by atoms with Crippen molar-refractivity contribution in [1.82, 2.24) is 0 Å². The molecule has 9 nitrogen and oxygen atoms in total. The summed E-state index contributed by atoms with van der Waals surface area (Å²) in [5.74, 6) is 0.0529. The van der Waals surface area contributed by atoms with Gasteiger partial charge in [-0.3, -0.25) is 4.79 Å². The van der Waals surface area contributed by atoms with Crippen molar-refractivity contribution in [2.24, 2.45) is 34.0 Å². The van der Waals surface area contributed by atoms with Gasteiger partial charge >= 0.3 is 5.97 Å². The van der Waals surface area contributed by atoms with Gasteiger partial charge in [-0.25, -0.2) is 0 Å². The van der Waals surface area contributed by atoms with E-state index in [2.05, 4.69) is 6.92 Å². The van der Waals surface area contributed by atoms with Crippen LogP contribution in [0.25, 0.3) is 0 Å². The van der Waals surface area contributed by atoms with E-state index in [9.17, 15) is 35.4 Å². The molecule has 4 aliphatic carbocycles. The lowest BCUT2D eigenvalue weighted by Crippen LogP contribution is -2.61. The number of fused-ring (bicyclic) bond motifs is 3. The topological polar surface area (TPSA) is 157 Å². The summed E-state index contributed by atoms with van der Waals surface area (Å²) in [7, 11) is 0. The molecule has 6 N–H and O–H groups in total. The number of esters is 1. The molecular weight excluding hydrogens is 456 g/mol. The van der Waals surface area contributed by atoms with E-state index < -0.39 is 54.3 Å². The van der Waals surface area contributed by atoms with Crippen LogP contribution < -0.4 is 0 Å². The van der Waals surface area contributed by atoms with E-state index in [1.807, 2.05) is 6.92 Å². The van der Waals surface area contributed by atoms with Crippen molar-refractivity contribution < 1.29 is 44.9 Å². The molecule has 5 fully saturated rings. The van der Waals surface area contributed by atoms with Gasteiger partial charge < -0.3 is 40.1 Å². The van der Waals surface area contributed by atoms with E-state index in [1.54, 1.807) is 0 Å². The minimum Gasteiger partial charge on any atom is -0.432 e. The van der Waals surface area contributed by atoms with E-state index in [1.165, 1.54) is 0 Å². The molecule has 5 aliphatic rings. The van der Waals surface area contributed by atoms with Crippen LogP contribution in [0.3, 0.4) is 0 Å². The van der Waals surface area contributed by atoms with Crippen LogP contribution in [-0.4, -0.2) is 86.1 Å². The van der Waals surface area contributed by atoms with E-state index in [4.69, 9.17) is 9.47 Å². The Morgan fingerprint density at radius 3 is 2.40 bits per heavy atom. The molecule has 4 saturated carbocycles. The van der Waals surface area contributed by atoms with Crippen LogP contribution in [0.4, 0.5) is 0 Å². The number of carbonyl (C=O) groups excluding carboxylic acids is 1. The van der Waals surface area contributed by atoms with Gasteiger partial charge in [-0.2, -0.15) is 0 Å². The molecule has 1 aliphatic heterocycles. The second-order valence-electron chi connectivity index (χ2n) is 12.8. The maximum absolute atomic E-state index is 13.7. The molecule has 5 rings (SSSR count). The molecule has 2 bridgehead atoms. The van der Waals surface area contributed by atoms with Crippen LogP contribution in [0.15, 0.2) is 0 Å². The molecular formula is C26H42O9. The van der Waals surface area contributed by atoms with Crippen molar-refractivity contribution in [2.75, 3.05) is 13.2 Å². The SMILES string of the molecule is CC1(C(=O)OC2OC(CO)C(O)C(O)C2O)CCCC2(C)C3CCC4CC3(CCC12)CC4(O)CO. The second-order valence-corrected chi connectivity index (χ2v) is 12.8. The minimum atomic E-state index is -1.62. The van der Waals surface area contributed by atoms with E-state index in [-0.39, 0.29) is 29.3 Å². The first kappa shape index (κ1) is 25.8. The summed E-state index contributed by atoms with van der Waals surface area (Å²) in [6.45, 7) is 3.44. The normalized spacial score (nSPS) is 55.7. The molecule has 0 amide bonds. The molecule has 35 heavy (non-hydrogen) atoms. The molecule has 0 aromatic rings. The molecule has 1 saturated heterocycles. The fourth-order valence-electron chi connectivity index (χ4n) is 9.46. The Balaban J connectivity index is 1.38. The maximum Gasteiger partial charge on any atom is 0.314 e. The third-order valence-electron chi connectivity index (χ3n) is 11.1. The van der Waals surface area contributed by atoms with Gasteiger partial charge in [0.1, 0.15) is 24.4 Å². The van der Waals surface area contributed by atoms with Crippen LogP contribution in [-0.2, 0) is 14.3 Å². The molecule has 1 spiro atoms. The Morgan fingerprint density at radius 1 is 0.971 bits per heavy atom. The Morgan fingerprint density at radius 2 is 1.71 bits per heavy atom. The number of ether oxygens (including phenoxy) is 2. The predicted molar refractivity (Wildman–Crippen MR) is 123 cm³/mol. The van der Waals surface area contributed by atoms with Crippen molar-refractivity contribution in [3.63, 3.8) is 0 Å². The molecule has 200 valence electrons. The molecule has 12 atom stereocenters. The fraction of sp³-hybridized carbons (Fsp3) is 0.962. The summed E-state index contributed by atoms with van der Waals surface area (Å²) in [6.07, 6.45) is 0.327. The first-order valence-electron chi connectivity index (χ1n) is 13.3. The lowest BCUT2D eigenvalue weighted by atomic mass is 9.41. The smallest absolute Gasteiger partial charge is 0.314 e. The third-order valence-corrected chi connectivity index (χ3v) is 11.1. The largest absolute Gasteiger partial charge is 0.432 e. The van der Waals surface area contributed by atoms with E-state index in [0.29, 0.717) is 18.8 Å². The average Bonchev–Trinajstić information content (AvgIpc) is 3.04. The number of aliphatic hydroxyl groups is 6. The zero-order valence-electron chi connectivity index (χ0n) is 20.8. The van der Waals surface area contributed by atoms with Crippen molar-refractivity contribution >= 4 is 5.97 Å². The summed E-state index contributed by atoms with van der Waals surface area (Å²) in [5, 5.41) is 61.1. The predicted octanol–water partition coefficient (Wildman–Crippen LogP) is 0.466. The lowest BCUT2D eigenvalue weighted by molar-refractivity contribution is -0.298. The van der Waals surface area contributed by atoms with Crippen molar-refractivity contribution in [3.8, 4) is 0 Å². The molecule has 12 unspecified atom stereocenters. The summed E-state index contributed by atoms with van der Waals surface area (Å²) in [5.41, 5.74) is -1.94. The zero-order chi connectivity index (χ0) is 25.4. The lowest BCUT2D eigenvalue weighted by Gasteiger charge is -2.63. The highest BCUT2D eigenvalue weighted by Gasteiger charge is 2.68. The van der Waals surface area contributed by atoms with Crippen LogP contribution in [0.1, 0.15) is 71.6 Å². The highest BCUT2D eigenvalue weighted by atomic mass is 16.7. The van der Waals surface area contributed by atoms with Crippen molar-refractivity contribution in [2.45, 2.75) is 108 Å². The fourth-order valence-corrected chi connectivity index (χ4v) is 9.46. The van der Waals surface area contributed by atoms with Crippen molar-refractivity contribution in [3.05, 3.63) is 0 Å². The quantitative estimate of drug-likeness (QED) is 0.303. The van der Waals surface area contributed by atoms with Gasteiger partial charge in [0.15, 0.2) is 0 Å². The highest BCUT2D eigenvalue weighted by Crippen LogP contribution is 2.73. The van der Waals surface area contributed by atoms with Gasteiger partial charge in [0.05, 0.1) is 24.2 Å². The van der Waals surface area contributed by atoms with Gasteiger partial charge in [0.2, 0.25) is 6.29 Å². The Bertz CT molecular complexity index is 836. The third kappa shape index (κ3) is 3.64. The average molecular weight is 499 g/mol.